The maximum absolute atomic E-state index is 5.55. The molecule has 0 atom stereocenters. The largest absolute Gasteiger partial charge is 0.334 e. The van der Waals surface area contributed by atoms with Crippen LogP contribution in [0.2, 0.25) is 0 Å². The van der Waals surface area contributed by atoms with Gasteiger partial charge in [-0.25, -0.2) is 0 Å². The molecule has 0 bridgehead atoms. The van der Waals surface area contributed by atoms with E-state index >= 15 is 0 Å². The average Bonchev–Trinajstić information content (AvgIpc) is 2.85. The smallest absolute Gasteiger partial charge is 0.258 e. The van der Waals surface area contributed by atoms with Gasteiger partial charge in [-0.15, -0.1) is 0 Å². The summed E-state index contributed by atoms with van der Waals surface area (Å²) in [6.07, 6.45) is 1.70. The molecule has 2 aromatic heterocycles. The minimum atomic E-state index is 0.401. The highest BCUT2D eigenvalue weighted by molar-refractivity contribution is 7.99. The fourth-order valence-corrected chi connectivity index (χ4v) is 1.99. The standard InChI is InChI=1S/C12H16N4OS/c1-8(2)18-7-11-15-12(17-16-11)9-3-4-14-10(5-9)6-13/h3-5,8H,6-7,13H2,1-2H3. The zero-order valence-electron chi connectivity index (χ0n) is 10.5. The van der Waals surface area contributed by atoms with Crippen molar-refractivity contribution in [2.45, 2.75) is 31.4 Å². The number of aromatic nitrogens is 3. The van der Waals surface area contributed by atoms with Crippen molar-refractivity contribution in [1.29, 1.82) is 0 Å². The quantitative estimate of drug-likeness (QED) is 0.892. The number of hydrogen-bond donors (Lipinski definition) is 1. The van der Waals surface area contributed by atoms with Crippen LogP contribution in [0.1, 0.15) is 25.4 Å². The van der Waals surface area contributed by atoms with Crippen LogP contribution in [0.5, 0.6) is 0 Å². The van der Waals surface area contributed by atoms with Gasteiger partial charge in [0.2, 0.25) is 0 Å². The fraction of sp³-hybridized carbons (Fsp3) is 0.417. The van der Waals surface area contributed by atoms with Crippen LogP contribution in [0.15, 0.2) is 22.9 Å². The van der Waals surface area contributed by atoms with E-state index in [1.807, 2.05) is 12.1 Å². The van der Waals surface area contributed by atoms with Gasteiger partial charge in [-0.1, -0.05) is 19.0 Å². The van der Waals surface area contributed by atoms with Crippen molar-refractivity contribution < 1.29 is 4.52 Å². The summed E-state index contributed by atoms with van der Waals surface area (Å²) < 4.78 is 5.24. The number of nitrogens with two attached hydrogens (primary N) is 1. The van der Waals surface area contributed by atoms with E-state index in [4.69, 9.17) is 10.3 Å². The minimum Gasteiger partial charge on any atom is -0.334 e. The van der Waals surface area contributed by atoms with Gasteiger partial charge in [0.05, 0.1) is 11.4 Å². The van der Waals surface area contributed by atoms with Crippen LogP contribution >= 0.6 is 11.8 Å². The fourth-order valence-electron chi connectivity index (χ4n) is 1.39. The first kappa shape index (κ1) is 13.0. The predicted octanol–water partition coefficient (Wildman–Crippen LogP) is 2.23. The lowest BCUT2D eigenvalue weighted by atomic mass is 10.2. The van der Waals surface area contributed by atoms with E-state index < -0.39 is 0 Å². The minimum absolute atomic E-state index is 0.401. The second-order valence-corrected chi connectivity index (χ2v) is 5.68. The monoisotopic (exact) mass is 264 g/mol. The molecule has 5 nitrogen and oxygen atoms in total. The molecule has 0 amide bonds. The number of nitrogens with zero attached hydrogens (tertiary/aromatic N) is 3. The number of thioether (sulfide) groups is 1. The average molecular weight is 264 g/mol. The van der Waals surface area contributed by atoms with Crippen LogP contribution in [0, 0.1) is 0 Å². The maximum Gasteiger partial charge on any atom is 0.258 e. The summed E-state index contributed by atoms with van der Waals surface area (Å²) in [5.41, 5.74) is 7.22. The van der Waals surface area contributed by atoms with E-state index in [1.165, 1.54) is 0 Å². The van der Waals surface area contributed by atoms with Crippen LogP contribution in [0.4, 0.5) is 0 Å². The van der Waals surface area contributed by atoms with Crippen molar-refractivity contribution >= 4 is 11.8 Å². The normalized spacial score (nSPS) is 11.1. The lowest BCUT2D eigenvalue weighted by Crippen LogP contribution is -1.99. The molecule has 2 aromatic rings. The Morgan fingerprint density at radius 2 is 2.28 bits per heavy atom. The SMILES string of the molecule is CC(C)SCc1noc(-c2ccnc(CN)c2)n1. The third-order valence-corrected chi connectivity index (χ3v) is 3.38. The molecule has 0 aliphatic carbocycles. The molecular weight excluding hydrogens is 248 g/mol. The Hall–Kier alpha value is -1.40. The molecule has 0 unspecified atom stereocenters. The van der Waals surface area contributed by atoms with Crippen molar-refractivity contribution in [3.63, 3.8) is 0 Å². The Kier molecular flexibility index (Phi) is 4.33. The molecule has 0 saturated carbocycles. The molecular formula is C12H16N4OS. The molecule has 18 heavy (non-hydrogen) atoms. The Bertz CT molecular complexity index is 512. The molecule has 2 N–H and O–H groups in total. The predicted molar refractivity (Wildman–Crippen MR) is 71.9 cm³/mol. The first-order valence-electron chi connectivity index (χ1n) is 5.78. The van der Waals surface area contributed by atoms with E-state index in [2.05, 4.69) is 29.0 Å². The first-order valence-corrected chi connectivity index (χ1v) is 6.83. The lowest BCUT2D eigenvalue weighted by Gasteiger charge is -1.99. The zero-order chi connectivity index (χ0) is 13.0. The van der Waals surface area contributed by atoms with Gasteiger partial charge < -0.3 is 10.3 Å². The molecule has 2 heterocycles. The van der Waals surface area contributed by atoms with Gasteiger partial charge in [-0.3, -0.25) is 4.98 Å². The van der Waals surface area contributed by atoms with Crippen molar-refractivity contribution in [1.82, 2.24) is 15.1 Å². The lowest BCUT2D eigenvalue weighted by molar-refractivity contribution is 0.425. The van der Waals surface area contributed by atoms with Crippen LogP contribution in [-0.2, 0) is 12.3 Å². The summed E-state index contributed by atoms with van der Waals surface area (Å²) in [6.45, 7) is 4.68. The summed E-state index contributed by atoms with van der Waals surface area (Å²) in [5.74, 6) is 2.00. The van der Waals surface area contributed by atoms with E-state index in [1.54, 1.807) is 18.0 Å². The molecule has 0 aromatic carbocycles. The number of hydrogen-bond acceptors (Lipinski definition) is 6. The van der Waals surface area contributed by atoms with Gasteiger partial charge in [0.15, 0.2) is 5.82 Å². The van der Waals surface area contributed by atoms with Crippen molar-refractivity contribution in [3.8, 4) is 11.5 Å². The Balaban J connectivity index is 2.13. The highest BCUT2D eigenvalue weighted by Crippen LogP contribution is 2.20. The van der Waals surface area contributed by atoms with Gasteiger partial charge >= 0.3 is 0 Å². The number of rotatable bonds is 5. The number of pyridine rings is 1. The highest BCUT2D eigenvalue weighted by Gasteiger charge is 2.10. The van der Waals surface area contributed by atoms with Crippen LogP contribution in [-0.4, -0.2) is 20.4 Å². The van der Waals surface area contributed by atoms with Crippen LogP contribution in [0.3, 0.4) is 0 Å². The van der Waals surface area contributed by atoms with Gasteiger partial charge in [-0.2, -0.15) is 16.7 Å². The van der Waals surface area contributed by atoms with Crippen LogP contribution in [0.25, 0.3) is 11.5 Å². The molecule has 0 spiro atoms. The summed E-state index contributed by atoms with van der Waals surface area (Å²) in [5, 5.41) is 4.51. The molecule has 0 fully saturated rings. The topological polar surface area (TPSA) is 77.8 Å². The van der Waals surface area contributed by atoms with Gasteiger partial charge in [-0.05, 0) is 17.4 Å². The molecule has 6 heteroatoms. The van der Waals surface area contributed by atoms with Crippen molar-refractivity contribution in [2.75, 3.05) is 0 Å². The highest BCUT2D eigenvalue weighted by atomic mass is 32.2. The summed E-state index contributed by atoms with van der Waals surface area (Å²) >= 11 is 1.78. The summed E-state index contributed by atoms with van der Waals surface area (Å²) in [6, 6.07) is 3.71. The van der Waals surface area contributed by atoms with Gasteiger partial charge in [0.1, 0.15) is 0 Å². The second kappa shape index (κ2) is 5.97. The summed E-state index contributed by atoms with van der Waals surface area (Å²) in [7, 11) is 0. The third kappa shape index (κ3) is 3.30. The molecule has 2 rings (SSSR count). The van der Waals surface area contributed by atoms with Gasteiger partial charge in [0.25, 0.3) is 5.89 Å². The molecule has 0 aliphatic heterocycles. The van der Waals surface area contributed by atoms with Crippen molar-refractivity contribution in [2.24, 2.45) is 5.73 Å². The Morgan fingerprint density at radius 1 is 1.44 bits per heavy atom. The first-order chi connectivity index (χ1) is 8.69. The van der Waals surface area contributed by atoms with E-state index in [0.29, 0.717) is 17.7 Å². The summed E-state index contributed by atoms with van der Waals surface area (Å²) in [4.78, 5) is 8.49. The van der Waals surface area contributed by atoms with E-state index in [-0.39, 0.29) is 0 Å². The molecule has 0 saturated heterocycles. The molecule has 96 valence electrons. The zero-order valence-corrected chi connectivity index (χ0v) is 11.3. The van der Waals surface area contributed by atoms with E-state index in [9.17, 15) is 0 Å². The van der Waals surface area contributed by atoms with E-state index in [0.717, 1.165) is 22.8 Å². The third-order valence-electron chi connectivity index (χ3n) is 2.29. The second-order valence-electron chi connectivity index (χ2n) is 4.12. The Labute approximate surface area is 110 Å². The van der Waals surface area contributed by atoms with Gasteiger partial charge in [0, 0.05) is 18.3 Å². The maximum atomic E-state index is 5.55. The van der Waals surface area contributed by atoms with Crippen molar-refractivity contribution in [3.05, 3.63) is 29.8 Å². The molecule has 0 aliphatic rings. The molecule has 0 radical (unpaired) electrons. The Morgan fingerprint density at radius 3 is 3.00 bits per heavy atom. The van der Waals surface area contributed by atoms with Crippen LogP contribution < -0.4 is 5.73 Å².